The zero-order valence-electron chi connectivity index (χ0n) is 16.8. The number of nitro groups is 1. The molecule has 30 heavy (non-hydrogen) atoms. The van der Waals surface area contributed by atoms with Gasteiger partial charge in [-0.3, -0.25) is 10.1 Å². The standard InChI is InChI=1S/C19H24N8O3/c1-30-16-7-6-15(27(28)29)12-14(16)13-20-24-17-21-18(25-8-2-3-9-25)23-19(22-17)26-10-4-5-11-26/h6-7,12-13H,2-5,8-11H2,1H3,(H,21,22,23,24)/b20-13-. The molecule has 3 heterocycles. The van der Waals surface area contributed by atoms with Crippen LogP contribution >= 0.6 is 0 Å². The predicted molar refractivity (Wildman–Crippen MR) is 114 cm³/mol. The van der Waals surface area contributed by atoms with Crippen molar-refractivity contribution in [2.75, 3.05) is 48.5 Å². The summed E-state index contributed by atoms with van der Waals surface area (Å²) < 4.78 is 5.26. The highest BCUT2D eigenvalue weighted by Gasteiger charge is 2.21. The average molecular weight is 412 g/mol. The van der Waals surface area contributed by atoms with Gasteiger partial charge in [0.25, 0.3) is 5.69 Å². The topological polar surface area (TPSA) is 122 Å². The van der Waals surface area contributed by atoms with E-state index < -0.39 is 4.92 Å². The van der Waals surface area contributed by atoms with Crippen molar-refractivity contribution in [1.29, 1.82) is 0 Å². The van der Waals surface area contributed by atoms with E-state index in [9.17, 15) is 10.1 Å². The number of nitrogens with one attached hydrogen (secondary N) is 1. The fourth-order valence-corrected chi connectivity index (χ4v) is 3.62. The van der Waals surface area contributed by atoms with Gasteiger partial charge in [0.05, 0.1) is 18.2 Å². The van der Waals surface area contributed by atoms with Gasteiger partial charge in [0.2, 0.25) is 17.8 Å². The van der Waals surface area contributed by atoms with Gasteiger partial charge in [-0.2, -0.15) is 20.1 Å². The molecule has 2 aliphatic rings. The highest BCUT2D eigenvalue weighted by Crippen LogP contribution is 2.24. The Morgan fingerprint density at radius 2 is 1.67 bits per heavy atom. The highest BCUT2D eigenvalue weighted by atomic mass is 16.6. The van der Waals surface area contributed by atoms with E-state index in [1.807, 2.05) is 0 Å². The van der Waals surface area contributed by atoms with Gasteiger partial charge >= 0.3 is 0 Å². The van der Waals surface area contributed by atoms with Crippen molar-refractivity contribution in [3.63, 3.8) is 0 Å². The molecule has 1 aromatic carbocycles. The van der Waals surface area contributed by atoms with E-state index in [0.717, 1.165) is 51.9 Å². The van der Waals surface area contributed by atoms with Gasteiger partial charge in [0, 0.05) is 43.9 Å². The summed E-state index contributed by atoms with van der Waals surface area (Å²) in [5, 5.41) is 15.2. The van der Waals surface area contributed by atoms with Crippen LogP contribution in [0.4, 0.5) is 23.5 Å². The molecule has 0 atom stereocenters. The normalized spacial score (nSPS) is 16.4. The van der Waals surface area contributed by atoms with E-state index in [1.165, 1.54) is 25.5 Å². The van der Waals surface area contributed by atoms with Gasteiger partial charge < -0.3 is 14.5 Å². The maximum Gasteiger partial charge on any atom is 0.270 e. The third-order valence-corrected chi connectivity index (χ3v) is 5.18. The lowest BCUT2D eigenvalue weighted by molar-refractivity contribution is -0.384. The molecule has 0 spiro atoms. The number of nitrogens with zero attached hydrogens (tertiary/aromatic N) is 7. The van der Waals surface area contributed by atoms with Gasteiger partial charge in [0.15, 0.2) is 0 Å². The summed E-state index contributed by atoms with van der Waals surface area (Å²) in [6.07, 6.45) is 5.95. The summed E-state index contributed by atoms with van der Waals surface area (Å²) in [6, 6.07) is 4.34. The quantitative estimate of drug-likeness (QED) is 0.415. The van der Waals surface area contributed by atoms with E-state index in [4.69, 9.17) is 4.74 Å². The van der Waals surface area contributed by atoms with Crippen molar-refractivity contribution >= 4 is 29.7 Å². The molecule has 11 heteroatoms. The Morgan fingerprint density at radius 3 is 2.20 bits per heavy atom. The number of hydrogen-bond acceptors (Lipinski definition) is 10. The van der Waals surface area contributed by atoms with Gasteiger partial charge in [0.1, 0.15) is 5.75 Å². The number of nitro benzene ring substituents is 1. The minimum Gasteiger partial charge on any atom is -0.496 e. The molecule has 158 valence electrons. The van der Waals surface area contributed by atoms with E-state index in [1.54, 1.807) is 6.07 Å². The molecule has 2 saturated heterocycles. The van der Waals surface area contributed by atoms with Crippen LogP contribution in [0, 0.1) is 10.1 Å². The van der Waals surface area contributed by atoms with Crippen LogP contribution in [0.25, 0.3) is 0 Å². The second-order valence-corrected chi connectivity index (χ2v) is 7.20. The second-order valence-electron chi connectivity index (χ2n) is 7.20. The lowest BCUT2D eigenvalue weighted by atomic mass is 10.2. The summed E-state index contributed by atoms with van der Waals surface area (Å²) in [5.74, 6) is 2.12. The van der Waals surface area contributed by atoms with Crippen LogP contribution in [0.15, 0.2) is 23.3 Å². The van der Waals surface area contributed by atoms with Crippen LogP contribution in [0.1, 0.15) is 31.2 Å². The van der Waals surface area contributed by atoms with Crippen molar-refractivity contribution in [2.24, 2.45) is 5.10 Å². The molecule has 0 amide bonds. The van der Waals surface area contributed by atoms with E-state index in [-0.39, 0.29) is 5.69 Å². The SMILES string of the molecule is COc1ccc([N+](=O)[O-])cc1/C=N\Nc1nc(N2CCCC2)nc(N2CCCC2)n1. The highest BCUT2D eigenvalue weighted by molar-refractivity contribution is 5.85. The van der Waals surface area contributed by atoms with Crippen LogP contribution in [0.3, 0.4) is 0 Å². The number of hydrazone groups is 1. The van der Waals surface area contributed by atoms with Crippen LogP contribution in [0.2, 0.25) is 0 Å². The van der Waals surface area contributed by atoms with Crippen LogP contribution in [0.5, 0.6) is 5.75 Å². The predicted octanol–water partition coefficient (Wildman–Crippen LogP) is 2.43. The van der Waals surface area contributed by atoms with Gasteiger partial charge in [-0.25, -0.2) is 5.43 Å². The number of ether oxygens (including phenoxy) is 1. The molecule has 0 bridgehead atoms. The smallest absolute Gasteiger partial charge is 0.270 e. The first-order chi connectivity index (χ1) is 14.6. The molecule has 1 aromatic heterocycles. The number of benzene rings is 1. The third kappa shape index (κ3) is 4.39. The summed E-state index contributed by atoms with van der Waals surface area (Å²) in [5.41, 5.74) is 3.29. The van der Waals surface area contributed by atoms with Crippen LogP contribution < -0.4 is 20.0 Å². The third-order valence-electron chi connectivity index (χ3n) is 5.18. The Kier molecular flexibility index (Phi) is 5.87. The molecule has 0 saturated carbocycles. The van der Waals surface area contributed by atoms with Crippen molar-refractivity contribution in [2.45, 2.75) is 25.7 Å². The van der Waals surface area contributed by atoms with Gasteiger partial charge in [-0.05, 0) is 31.7 Å². The summed E-state index contributed by atoms with van der Waals surface area (Å²) in [6.45, 7) is 3.71. The van der Waals surface area contributed by atoms with E-state index in [2.05, 4.69) is 35.3 Å². The zero-order chi connectivity index (χ0) is 20.9. The van der Waals surface area contributed by atoms with E-state index >= 15 is 0 Å². The zero-order valence-corrected chi connectivity index (χ0v) is 16.8. The second kappa shape index (κ2) is 8.89. The van der Waals surface area contributed by atoms with Gasteiger partial charge in [-0.15, -0.1) is 0 Å². The molecule has 2 aromatic rings. The number of hydrogen-bond donors (Lipinski definition) is 1. The van der Waals surface area contributed by atoms with Crippen molar-refractivity contribution < 1.29 is 9.66 Å². The van der Waals surface area contributed by atoms with Crippen LogP contribution in [-0.2, 0) is 0 Å². The molecular formula is C19H24N8O3. The first kappa shape index (κ1) is 19.8. The Balaban J connectivity index is 1.57. The maximum absolute atomic E-state index is 11.0. The van der Waals surface area contributed by atoms with Crippen molar-refractivity contribution in [3.8, 4) is 5.75 Å². The molecular weight excluding hydrogens is 388 g/mol. The molecule has 11 nitrogen and oxygen atoms in total. The summed E-state index contributed by atoms with van der Waals surface area (Å²) >= 11 is 0. The van der Waals surface area contributed by atoms with Crippen molar-refractivity contribution in [3.05, 3.63) is 33.9 Å². The molecule has 2 fully saturated rings. The van der Waals surface area contributed by atoms with Crippen molar-refractivity contribution in [1.82, 2.24) is 15.0 Å². The minimum absolute atomic E-state index is 0.0370. The number of rotatable bonds is 7. The Labute approximate surface area is 173 Å². The molecule has 2 aliphatic heterocycles. The first-order valence-corrected chi connectivity index (χ1v) is 10.0. The lowest BCUT2D eigenvalue weighted by Crippen LogP contribution is -2.25. The molecule has 0 unspecified atom stereocenters. The molecule has 0 radical (unpaired) electrons. The lowest BCUT2D eigenvalue weighted by Gasteiger charge is -2.20. The fraction of sp³-hybridized carbons (Fsp3) is 0.474. The fourth-order valence-electron chi connectivity index (χ4n) is 3.62. The van der Waals surface area contributed by atoms with E-state index in [0.29, 0.717) is 29.2 Å². The molecule has 1 N–H and O–H groups in total. The summed E-state index contributed by atoms with van der Waals surface area (Å²) in [7, 11) is 1.50. The summed E-state index contributed by atoms with van der Waals surface area (Å²) in [4.78, 5) is 28.6. The largest absolute Gasteiger partial charge is 0.496 e. The minimum atomic E-state index is -0.458. The Hall–Kier alpha value is -3.50. The molecule has 4 rings (SSSR count). The van der Waals surface area contributed by atoms with Gasteiger partial charge in [-0.1, -0.05) is 0 Å². The number of anilines is 3. The number of non-ortho nitro benzene ring substituents is 1. The average Bonchev–Trinajstić information content (AvgIpc) is 3.47. The number of aromatic nitrogens is 3. The first-order valence-electron chi connectivity index (χ1n) is 10.0. The molecule has 0 aliphatic carbocycles. The van der Waals surface area contributed by atoms with Crippen LogP contribution in [-0.4, -0.2) is 59.4 Å². The number of methoxy groups -OCH3 is 1. The Bertz CT molecular complexity index is 905. The maximum atomic E-state index is 11.0. The Morgan fingerprint density at radius 1 is 1.07 bits per heavy atom. The monoisotopic (exact) mass is 412 g/mol.